The van der Waals surface area contributed by atoms with Crippen molar-refractivity contribution in [1.29, 1.82) is 0 Å². The second kappa shape index (κ2) is 10.8. The summed E-state index contributed by atoms with van der Waals surface area (Å²) in [5.41, 5.74) is -0.825. The highest BCUT2D eigenvalue weighted by atomic mass is 35.5. The van der Waals surface area contributed by atoms with Gasteiger partial charge < -0.3 is 0 Å². The lowest BCUT2D eigenvalue weighted by molar-refractivity contribution is -0.138. The molecule has 0 fully saturated rings. The molecule has 1 amide bonds. The van der Waals surface area contributed by atoms with Gasteiger partial charge in [-0.25, -0.2) is 13.8 Å². The summed E-state index contributed by atoms with van der Waals surface area (Å²) < 4.78 is 106. The van der Waals surface area contributed by atoms with Gasteiger partial charge in [0.05, 0.1) is 32.9 Å². The topological polar surface area (TPSA) is 78.8 Å². The number of nitrogens with zero attached hydrogens (tertiary/aromatic N) is 2. The Labute approximate surface area is 212 Å². The zero-order chi connectivity index (χ0) is 27.4. The van der Waals surface area contributed by atoms with E-state index in [-0.39, 0.29) is 10.5 Å². The lowest BCUT2D eigenvalue weighted by Crippen LogP contribution is -2.39. The second-order valence-corrected chi connectivity index (χ2v) is 9.67. The maximum Gasteiger partial charge on any atom is 0.417 e. The molecule has 0 radical (unpaired) electrons. The molecule has 0 aliphatic carbocycles. The Kier molecular flexibility index (Phi) is 8.18. The van der Waals surface area contributed by atoms with E-state index in [2.05, 4.69) is 5.10 Å². The minimum absolute atomic E-state index is 0.0172. The Morgan fingerprint density at radius 2 is 1.59 bits per heavy atom. The van der Waals surface area contributed by atoms with Gasteiger partial charge in [0.15, 0.2) is 0 Å². The van der Waals surface area contributed by atoms with Crippen LogP contribution in [0.15, 0.2) is 82.8 Å². The van der Waals surface area contributed by atoms with E-state index in [0.717, 1.165) is 36.5 Å². The van der Waals surface area contributed by atoms with Crippen LogP contribution in [0.3, 0.4) is 0 Å². The first-order valence-electron chi connectivity index (χ1n) is 10.1. The first kappa shape index (κ1) is 28.0. The summed E-state index contributed by atoms with van der Waals surface area (Å²) in [6.45, 7) is -1.00. The maximum atomic E-state index is 13.4. The largest absolute Gasteiger partial charge is 0.417 e. The summed E-state index contributed by atoms with van der Waals surface area (Å²) in [4.78, 5) is 12.2. The van der Waals surface area contributed by atoms with Crippen LogP contribution in [-0.2, 0) is 27.2 Å². The van der Waals surface area contributed by atoms with Crippen molar-refractivity contribution < 1.29 is 39.6 Å². The van der Waals surface area contributed by atoms with Crippen molar-refractivity contribution in [2.24, 2.45) is 5.10 Å². The number of carbonyl (C=O) groups is 1. The van der Waals surface area contributed by atoms with Crippen molar-refractivity contribution in [3.05, 3.63) is 94.5 Å². The molecule has 0 aliphatic heterocycles. The quantitative estimate of drug-likeness (QED) is 0.227. The van der Waals surface area contributed by atoms with Crippen LogP contribution in [0.2, 0.25) is 5.02 Å². The number of hydrazone groups is 1. The van der Waals surface area contributed by atoms with Gasteiger partial charge in [0.2, 0.25) is 0 Å². The number of benzene rings is 3. The zero-order valence-corrected chi connectivity index (χ0v) is 20.0. The molecule has 0 aliphatic rings. The van der Waals surface area contributed by atoms with Crippen LogP contribution in [0.4, 0.5) is 32.0 Å². The molecule has 196 valence electrons. The number of halogens is 7. The van der Waals surface area contributed by atoms with Crippen LogP contribution in [0.1, 0.15) is 16.7 Å². The standard InChI is InChI=1S/C23H16ClF6N3O3S/c24-20-10-9-17(12-19(20)23(28,29)30)33(37(35,36)18-7-2-1-3-8-18)14-21(34)32-31-13-15-5-4-6-16(11-15)22(25,26)27/h1-13H,14H2,(H,32,34)/b31-13-. The number of hydrogen-bond acceptors (Lipinski definition) is 4. The Balaban J connectivity index is 1.91. The number of carbonyl (C=O) groups excluding carboxylic acids is 1. The molecule has 0 atom stereocenters. The molecule has 1 N–H and O–H groups in total. The molecule has 37 heavy (non-hydrogen) atoms. The molecule has 0 bridgehead atoms. The number of alkyl halides is 6. The summed E-state index contributed by atoms with van der Waals surface area (Å²) in [5, 5.41) is 2.85. The smallest absolute Gasteiger partial charge is 0.271 e. The van der Waals surface area contributed by atoms with Gasteiger partial charge in [-0.15, -0.1) is 0 Å². The predicted molar refractivity (Wildman–Crippen MR) is 125 cm³/mol. The van der Waals surface area contributed by atoms with Crippen molar-refractivity contribution in [3.63, 3.8) is 0 Å². The molecule has 0 heterocycles. The highest BCUT2D eigenvalue weighted by Crippen LogP contribution is 2.38. The van der Waals surface area contributed by atoms with Crippen molar-refractivity contribution in [2.75, 3.05) is 10.8 Å². The lowest BCUT2D eigenvalue weighted by atomic mass is 10.1. The zero-order valence-electron chi connectivity index (χ0n) is 18.4. The average molecular weight is 564 g/mol. The van der Waals surface area contributed by atoms with Gasteiger partial charge in [0.25, 0.3) is 15.9 Å². The van der Waals surface area contributed by atoms with E-state index >= 15 is 0 Å². The molecule has 3 aromatic rings. The third-order valence-corrected chi connectivity index (χ3v) is 6.90. The first-order chi connectivity index (χ1) is 17.2. The Morgan fingerprint density at radius 3 is 2.22 bits per heavy atom. The molecule has 0 saturated carbocycles. The van der Waals surface area contributed by atoms with E-state index in [9.17, 15) is 39.6 Å². The molecule has 0 unspecified atom stereocenters. The van der Waals surface area contributed by atoms with Crippen LogP contribution in [0.25, 0.3) is 0 Å². The monoisotopic (exact) mass is 563 g/mol. The van der Waals surface area contributed by atoms with Crippen molar-refractivity contribution in [2.45, 2.75) is 17.2 Å². The number of hydrogen-bond donors (Lipinski definition) is 1. The molecular formula is C23H16ClF6N3O3S. The summed E-state index contributed by atoms with van der Waals surface area (Å²) >= 11 is 5.63. The van der Waals surface area contributed by atoms with Crippen molar-refractivity contribution >= 4 is 39.4 Å². The van der Waals surface area contributed by atoms with E-state index in [1.54, 1.807) is 0 Å². The summed E-state index contributed by atoms with van der Waals surface area (Å²) in [6.07, 6.45) is -8.62. The molecule has 3 rings (SSSR count). The summed E-state index contributed by atoms with van der Waals surface area (Å²) in [7, 11) is -4.54. The van der Waals surface area contributed by atoms with Crippen LogP contribution < -0.4 is 9.73 Å². The van der Waals surface area contributed by atoms with Crippen molar-refractivity contribution in [3.8, 4) is 0 Å². The second-order valence-electron chi connectivity index (χ2n) is 7.40. The molecule has 0 spiro atoms. The van der Waals surface area contributed by atoms with Crippen molar-refractivity contribution in [1.82, 2.24) is 5.43 Å². The molecule has 0 aromatic heterocycles. The fourth-order valence-corrected chi connectivity index (χ4v) is 4.72. The number of sulfonamides is 1. The van der Waals surface area contributed by atoms with Crippen LogP contribution >= 0.6 is 11.6 Å². The van der Waals surface area contributed by atoms with Crippen LogP contribution in [0, 0.1) is 0 Å². The number of nitrogens with one attached hydrogen (secondary N) is 1. The van der Waals surface area contributed by atoms with E-state index in [1.165, 1.54) is 36.4 Å². The van der Waals surface area contributed by atoms with Gasteiger partial charge in [-0.05, 0) is 48.0 Å². The Bertz CT molecular complexity index is 1410. The Hall–Kier alpha value is -3.58. The SMILES string of the molecule is O=C(CN(c1ccc(Cl)c(C(F)(F)F)c1)S(=O)(=O)c1ccccc1)N/N=C\c1cccc(C(F)(F)F)c1. The van der Waals surface area contributed by atoms with Crippen LogP contribution in [0.5, 0.6) is 0 Å². The molecular weight excluding hydrogens is 548 g/mol. The fourth-order valence-electron chi connectivity index (χ4n) is 3.06. The van der Waals surface area contributed by atoms with E-state index in [0.29, 0.717) is 10.4 Å². The van der Waals surface area contributed by atoms with E-state index in [4.69, 9.17) is 11.6 Å². The molecule has 3 aromatic carbocycles. The fraction of sp³-hybridized carbons (Fsp3) is 0.130. The highest BCUT2D eigenvalue weighted by molar-refractivity contribution is 7.92. The van der Waals surface area contributed by atoms with Crippen LogP contribution in [-0.4, -0.2) is 27.1 Å². The highest BCUT2D eigenvalue weighted by Gasteiger charge is 2.35. The predicted octanol–water partition coefficient (Wildman–Crippen LogP) is 5.72. The lowest BCUT2D eigenvalue weighted by Gasteiger charge is -2.24. The summed E-state index contributed by atoms with van der Waals surface area (Å²) in [6, 6.07) is 13.0. The van der Waals surface area contributed by atoms with Gasteiger partial charge in [0, 0.05) is 0 Å². The van der Waals surface area contributed by atoms with Gasteiger partial charge >= 0.3 is 12.4 Å². The maximum absolute atomic E-state index is 13.4. The molecule has 14 heteroatoms. The van der Waals surface area contributed by atoms with Gasteiger partial charge in [-0.3, -0.25) is 9.10 Å². The summed E-state index contributed by atoms with van der Waals surface area (Å²) in [5.74, 6) is -1.08. The Morgan fingerprint density at radius 1 is 0.919 bits per heavy atom. The van der Waals surface area contributed by atoms with Gasteiger partial charge in [0.1, 0.15) is 6.54 Å². The average Bonchev–Trinajstić information content (AvgIpc) is 2.82. The third-order valence-electron chi connectivity index (χ3n) is 4.78. The number of amides is 1. The minimum atomic E-state index is -4.91. The van der Waals surface area contributed by atoms with E-state index < -0.39 is 56.7 Å². The minimum Gasteiger partial charge on any atom is -0.271 e. The molecule has 0 saturated heterocycles. The number of anilines is 1. The van der Waals surface area contributed by atoms with Gasteiger partial charge in [-0.1, -0.05) is 41.9 Å². The number of rotatable bonds is 7. The first-order valence-corrected chi connectivity index (χ1v) is 11.9. The van der Waals surface area contributed by atoms with Gasteiger partial charge in [-0.2, -0.15) is 31.4 Å². The normalized spacial score (nSPS) is 12.5. The third kappa shape index (κ3) is 7.01. The van der Waals surface area contributed by atoms with E-state index in [1.807, 2.05) is 5.43 Å². The molecule has 6 nitrogen and oxygen atoms in total.